The van der Waals surface area contributed by atoms with Crippen LogP contribution in [0, 0.1) is 12.3 Å². The number of carbonyl (C=O) groups is 3. The van der Waals surface area contributed by atoms with E-state index in [-0.39, 0.29) is 32.5 Å². The first-order chi connectivity index (χ1) is 21.1. The van der Waals surface area contributed by atoms with Crippen LogP contribution in [0.25, 0.3) is 0 Å². The standard InChI is InChI=1S/C28H47NO14/c1-2-6-33-8-10-35-12-14-37-16-18-39-20-22-41-24-25-42-23-21-40-19-17-38-15-13-36-11-9-34-7-5-28(32)43-29-26(30)3-4-27(29)31/h1H,3-25H2. The molecule has 15 nitrogen and oxygen atoms in total. The molecule has 2 amide bonds. The first-order valence-electron chi connectivity index (χ1n) is 14.4. The van der Waals surface area contributed by atoms with Crippen LogP contribution in [0.4, 0.5) is 0 Å². The maximum absolute atomic E-state index is 11.6. The molecule has 1 heterocycles. The Morgan fingerprint density at radius 3 is 1.09 bits per heavy atom. The molecular weight excluding hydrogens is 574 g/mol. The Balaban J connectivity index is 1.66. The van der Waals surface area contributed by atoms with E-state index in [1.54, 1.807) is 0 Å². The monoisotopic (exact) mass is 621 g/mol. The Hall–Kier alpha value is -2.23. The van der Waals surface area contributed by atoms with Gasteiger partial charge in [0.1, 0.15) is 6.61 Å². The SMILES string of the molecule is C#CCOCCOCCOCCOCCOCCOCCOCCOCCOCCOCCC(=O)ON1C(=O)CCC1=O. The highest BCUT2D eigenvalue weighted by atomic mass is 16.7. The van der Waals surface area contributed by atoms with Crippen molar-refractivity contribution in [1.82, 2.24) is 5.06 Å². The van der Waals surface area contributed by atoms with Crippen LogP contribution in [0.15, 0.2) is 0 Å². The first-order valence-corrected chi connectivity index (χ1v) is 14.4. The van der Waals surface area contributed by atoms with Crippen molar-refractivity contribution in [2.24, 2.45) is 0 Å². The minimum Gasteiger partial charge on any atom is -0.378 e. The van der Waals surface area contributed by atoms with Gasteiger partial charge in [0.05, 0.1) is 132 Å². The van der Waals surface area contributed by atoms with E-state index < -0.39 is 17.8 Å². The second kappa shape index (κ2) is 29.8. The fourth-order valence-corrected chi connectivity index (χ4v) is 3.07. The second-order valence-corrected chi connectivity index (χ2v) is 8.56. The minimum absolute atomic E-state index is 0.0599. The fourth-order valence-electron chi connectivity index (χ4n) is 3.07. The number of carbonyl (C=O) groups excluding carboxylic acids is 3. The lowest BCUT2D eigenvalue weighted by Gasteiger charge is -2.12. The van der Waals surface area contributed by atoms with E-state index in [9.17, 15) is 14.4 Å². The lowest BCUT2D eigenvalue weighted by Crippen LogP contribution is -2.32. The molecule has 15 heteroatoms. The molecule has 0 aromatic carbocycles. The summed E-state index contributed by atoms with van der Waals surface area (Å²) in [6.45, 7) is 8.52. The van der Waals surface area contributed by atoms with Gasteiger partial charge in [0.2, 0.25) is 0 Å². The van der Waals surface area contributed by atoms with Gasteiger partial charge in [-0.2, -0.15) is 0 Å². The van der Waals surface area contributed by atoms with Crippen LogP contribution in [0.1, 0.15) is 19.3 Å². The summed E-state index contributed by atoms with van der Waals surface area (Å²) in [5.41, 5.74) is 0. The molecule has 0 N–H and O–H groups in total. The number of nitrogens with zero attached hydrogens (tertiary/aromatic N) is 1. The summed E-state index contributed by atoms with van der Waals surface area (Å²) in [6, 6.07) is 0. The molecule has 0 spiro atoms. The van der Waals surface area contributed by atoms with Crippen LogP contribution < -0.4 is 0 Å². The Kier molecular flexibility index (Phi) is 26.9. The van der Waals surface area contributed by atoms with E-state index in [2.05, 4.69) is 5.92 Å². The zero-order valence-electron chi connectivity index (χ0n) is 25.0. The van der Waals surface area contributed by atoms with Gasteiger partial charge < -0.3 is 52.2 Å². The van der Waals surface area contributed by atoms with E-state index in [4.69, 9.17) is 58.6 Å². The van der Waals surface area contributed by atoms with Gasteiger partial charge in [-0.15, -0.1) is 11.5 Å². The second-order valence-electron chi connectivity index (χ2n) is 8.56. The van der Waals surface area contributed by atoms with Gasteiger partial charge >= 0.3 is 5.97 Å². The normalized spacial score (nSPS) is 13.1. The maximum Gasteiger partial charge on any atom is 0.335 e. The maximum atomic E-state index is 11.6. The van der Waals surface area contributed by atoms with Crippen molar-refractivity contribution in [3.63, 3.8) is 0 Å². The zero-order valence-corrected chi connectivity index (χ0v) is 25.0. The topological polar surface area (TPSA) is 156 Å². The number of amides is 2. The summed E-state index contributed by atoms with van der Waals surface area (Å²) < 4.78 is 53.6. The molecular formula is C28H47NO14. The third-order valence-corrected chi connectivity index (χ3v) is 5.18. The molecule has 43 heavy (non-hydrogen) atoms. The minimum atomic E-state index is -0.699. The molecule has 1 fully saturated rings. The van der Waals surface area contributed by atoms with Crippen molar-refractivity contribution in [3.8, 4) is 12.3 Å². The van der Waals surface area contributed by atoms with Crippen LogP contribution in [0.3, 0.4) is 0 Å². The third-order valence-electron chi connectivity index (χ3n) is 5.18. The number of imide groups is 1. The zero-order chi connectivity index (χ0) is 31.1. The molecule has 0 bridgehead atoms. The van der Waals surface area contributed by atoms with Crippen LogP contribution >= 0.6 is 0 Å². The Bertz CT molecular complexity index is 731. The number of hydroxylamine groups is 2. The van der Waals surface area contributed by atoms with Crippen molar-refractivity contribution in [2.45, 2.75) is 19.3 Å². The van der Waals surface area contributed by atoms with E-state index >= 15 is 0 Å². The van der Waals surface area contributed by atoms with Gasteiger partial charge in [0.15, 0.2) is 0 Å². The van der Waals surface area contributed by atoms with Crippen LogP contribution in [-0.2, 0) is 66.6 Å². The Morgan fingerprint density at radius 1 is 0.512 bits per heavy atom. The first kappa shape index (κ1) is 38.8. The van der Waals surface area contributed by atoms with Gasteiger partial charge in [-0.05, 0) is 0 Å². The molecule has 1 rings (SSSR count). The van der Waals surface area contributed by atoms with Crippen molar-refractivity contribution in [1.29, 1.82) is 0 Å². The molecule has 1 saturated heterocycles. The molecule has 1 aliphatic heterocycles. The summed E-state index contributed by atoms with van der Waals surface area (Å²) in [4.78, 5) is 39.1. The van der Waals surface area contributed by atoms with Crippen molar-refractivity contribution < 1.29 is 66.6 Å². The summed E-state index contributed by atoms with van der Waals surface area (Å²) in [7, 11) is 0. The molecule has 0 saturated carbocycles. The number of hydrogen-bond donors (Lipinski definition) is 0. The summed E-state index contributed by atoms with van der Waals surface area (Å²) in [5, 5.41) is 0.518. The molecule has 0 aromatic heterocycles. The highest BCUT2D eigenvalue weighted by Crippen LogP contribution is 2.12. The average molecular weight is 622 g/mol. The van der Waals surface area contributed by atoms with Crippen LogP contribution in [0.2, 0.25) is 0 Å². The lowest BCUT2D eigenvalue weighted by atomic mass is 10.4. The summed E-state index contributed by atoms with van der Waals surface area (Å²) in [6.07, 6.45) is 5.12. The summed E-state index contributed by atoms with van der Waals surface area (Å²) >= 11 is 0. The van der Waals surface area contributed by atoms with E-state index in [0.29, 0.717) is 124 Å². The molecule has 0 aliphatic carbocycles. The molecule has 0 radical (unpaired) electrons. The molecule has 0 atom stereocenters. The fraction of sp³-hybridized carbons (Fsp3) is 0.821. The van der Waals surface area contributed by atoms with Crippen LogP contribution in [0.5, 0.6) is 0 Å². The van der Waals surface area contributed by atoms with E-state index in [0.717, 1.165) is 0 Å². The number of rotatable bonds is 32. The highest BCUT2D eigenvalue weighted by Gasteiger charge is 2.32. The van der Waals surface area contributed by atoms with Gasteiger partial charge in [-0.25, -0.2) is 4.79 Å². The smallest absolute Gasteiger partial charge is 0.335 e. The lowest BCUT2D eigenvalue weighted by molar-refractivity contribution is -0.198. The number of terminal acetylenes is 1. The van der Waals surface area contributed by atoms with E-state index in [1.165, 1.54) is 0 Å². The highest BCUT2D eigenvalue weighted by molar-refractivity contribution is 6.01. The van der Waals surface area contributed by atoms with Gasteiger partial charge in [-0.3, -0.25) is 9.59 Å². The number of ether oxygens (including phenoxy) is 10. The van der Waals surface area contributed by atoms with Gasteiger partial charge in [0, 0.05) is 12.8 Å². The largest absolute Gasteiger partial charge is 0.378 e. The van der Waals surface area contributed by atoms with E-state index in [1.807, 2.05) is 0 Å². The number of hydrogen-bond acceptors (Lipinski definition) is 14. The van der Waals surface area contributed by atoms with Gasteiger partial charge in [-0.1, -0.05) is 5.92 Å². The molecule has 0 unspecified atom stereocenters. The van der Waals surface area contributed by atoms with Crippen molar-refractivity contribution in [2.75, 3.05) is 132 Å². The Morgan fingerprint density at radius 2 is 0.791 bits per heavy atom. The molecule has 0 aromatic rings. The average Bonchev–Trinajstić information content (AvgIpc) is 3.32. The quantitative estimate of drug-likeness (QED) is 0.0552. The van der Waals surface area contributed by atoms with Crippen molar-refractivity contribution >= 4 is 17.8 Å². The van der Waals surface area contributed by atoms with Crippen molar-refractivity contribution in [3.05, 3.63) is 0 Å². The molecule has 248 valence electrons. The Labute approximate surface area is 253 Å². The predicted molar refractivity (Wildman–Crippen MR) is 149 cm³/mol. The third kappa shape index (κ3) is 24.9. The van der Waals surface area contributed by atoms with Crippen LogP contribution in [-0.4, -0.2) is 155 Å². The summed E-state index contributed by atoms with van der Waals surface area (Å²) in [5.74, 6) is 0.669. The van der Waals surface area contributed by atoms with Gasteiger partial charge in [0.25, 0.3) is 11.8 Å². The molecule has 1 aliphatic rings. The predicted octanol–water partition coefficient (Wildman–Crippen LogP) is -0.217.